The van der Waals surface area contributed by atoms with Gasteiger partial charge in [-0.1, -0.05) is 17.7 Å². The van der Waals surface area contributed by atoms with Crippen molar-refractivity contribution in [3.05, 3.63) is 47.2 Å². The predicted octanol–water partition coefficient (Wildman–Crippen LogP) is 3.80. The lowest BCUT2D eigenvalue weighted by Crippen LogP contribution is -2.18. The minimum Gasteiger partial charge on any atom is -0.493 e. The largest absolute Gasteiger partial charge is 0.493 e. The first-order chi connectivity index (χ1) is 10.1. The zero-order valence-electron chi connectivity index (χ0n) is 12.4. The quantitative estimate of drug-likeness (QED) is 0.881. The minimum atomic E-state index is 0.213. The number of anilines is 1. The summed E-state index contributed by atoms with van der Waals surface area (Å²) in [5.74, 6) is 1.47. The Labute approximate surface area is 130 Å². The minimum absolute atomic E-state index is 0.213. The summed E-state index contributed by atoms with van der Waals surface area (Å²) in [7, 11) is 3.27. The van der Waals surface area contributed by atoms with E-state index in [0.29, 0.717) is 5.02 Å². The van der Waals surface area contributed by atoms with Gasteiger partial charge in [0, 0.05) is 12.2 Å². The van der Waals surface area contributed by atoms with Crippen LogP contribution in [0.15, 0.2) is 36.7 Å². The van der Waals surface area contributed by atoms with Gasteiger partial charge in [-0.25, -0.2) is 0 Å². The van der Waals surface area contributed by atoms with E-state index in [1.54, 1.807) is 32.7 Å². The maximum absolute atomic E-state index is 6.12. The fourth-order valence-electron chi connectivity index (χ4n) is 2.16. The Morgan fingerprint density at radius 3 is 2.62 bits per heavy atom. The molecule has 0 amide bonds. The highest BCUT2D eigenvalue weighted by atomic mass is 35.5. The van der Waals surface area contributed by atoms with Gasteiger partial charge < -0.3 is 14.8 Å². The zero-order chi connectivity index (χ0) is 15.2. The summed E-state index contributed by atoms with van der Waals surface area (Å²) in [6.07, 6.45) is 4.24. The van der Waals surface area contributed by atoms with Crippen LogP contribution < -0.4 is 14.8 Å². The highest BCUT2D eigenvalue weighted by molar-refractivity contribution is 6.33. The maximum Gasteiger partial charge on any atom is 0.160 e. The molecule has 0 aliphatic heterocycles. The Morgan fingerprint density at radius 2 is 1.95 bits per heavy atom. The van der Waals surface area contributed by atoms with E-state index in [9.17, 15) is 0 Å². The SMILES string of the molecule is COc1ccc(CC(C)Nc2cnccc2Cl)cc1OC. The van der Waals surface area contributed by atoms with Gasteiger partial charge in [-0.15, -0.1) is 0 Å². The van der Waals surface area contributed by atoms with Gasteiger partial charge in [0.15, 0.2) is 11.5 Å². The van der Waals surface area contributed by atoms with Crippen LogP contribution in [0.25, 0.3) is 0 Å². The second-order valence-electron chi connectivity index (χ2n) is 4.79. The molecule has 112 valence electrons. The van der Waals surface area contributed by atoms with Gasteiger partial charge in [-0.2, -0.15) is 0 Å². The Hall–Kier alpha value is -1.94. The number of nitrogens with one attached hydrogen (secondary N) is 1. The second kappa shape index (κ2) is 7.18. The predicted molar refractivity (Wildman–Crippen MR) is 85.6 cm³/mol. The highest BCUT2D eigenvalue weighted by Crippen LogP contribution is 2.28. The smallest absolute Gasteiger partial charge is 0.160 e. The Bertz CT molecular complexity index is 605. The Kier molecular flexibility index (Phi) is 5.28. The number of methoxy groups -OCH3 is 2. The van der Waals surface area contributed by atoms with Crippen molar-refractivity contribution in [2.45, 2.75) is 19.4 Å². The van der Waals surface area contributed by atoms with Crippen LogP contribution in [0.2, 0.25) is 5.02 Å². The van der Waals surface area contributed by atoms with Crippen molar-refractivity contribution < 1.29 is 9.47 Å². The molecule has 0 bridgehead atoms. The maximum atomic E-state index is 6.12. The normalized spacial score (nSPS) is 11.8. The molecule has 1 unspecified atom stereocenters. The van der Waals surface area contributed by atoms with E-state index in [-0.39, 0.29) is 6.04 Å². The molecule has 2 aromatic rings. The van der Waals surface area contributed by atoms with Gasteiger partial charge in [0.25, 0.3) is 0 Å². The summed E-state index contributed by atoms with van der Waals surface area (Å²) in [5, 5.41) is 4.03. The van der Waals surface area contributed by atoms with Gasteiger partial charge in [-0.05, 0) is 37.1 Å². The Balaban J connectivity index is 2.06. The lowest BCUT2D eigenvalue weighted by atomic mass is 10.1. The number of nitrogens with zero attached hydrogens (tertiary/aromatic N) is 1. The van der Waals surface area contributed by atoms with E-state index in [1.165, 1.54) is 0 Å². The van der Waals surface area contributed by atoms with Crippen molar-refractivity contribution in [1.29, 1.82) is 0 Å². The highest BCUT2D eigenvalue weighted by Gasteiger charge is 2.09. The molecule has 1 aromatic heterocycles. The first-order valence-corrected chi connectivity index (χ1v) is 7.08. The molecule has 5 heteroatoms. The number of ether oxygens (including phenoxy) is 2. The van der Waals surface area contributed by atoms with E-state index >= 15 is 0 Å². The molecule has 21 heavy (non-hydrogen) atoms. The topological polar surface area (TPSA) is 43.4 Å². The van der Waals surface area contributed by atoms with E-state index in [2.05, 4.69) is 17.2 Å². The lowest BCUT2D eigenvalue weighted by molar-refractivity contribution is 0.354. The van der Waals surface area contributed by atoms with Crippen molar-refractivity contribution in [3.8, 4) is 11.5 Å². The zero-order valence-corrected chi connectivity index (χ0v) is 13.1. The van der Waals surface area contributed by atoms with Crippen molar-refractivity contribution in [2.75, 3.05) is 19.5 Å². The second-order valence-corrected chi connectivity index (χ2v) is 5.20. The van der Waals surface area contributed by atoms with Gasteiger partial charge in [0.1, 0.15) is 0 Å². The third-order valence-corrected chi connectivity index (χ3v) is 3.49. The van der Waals surface area contributed by atoms with E-state index in [0.717, 1.165) is 29.2 Å². The number of aromatic nitrogens is 1. The third-order valence-electron chi connectivity index (χ3n) is 3.16. The molecule has 1 aromatic carbocycles. The van der Waals surface area contributed by atoms with Crippen LogP contribution in [-0.4, -0.2) is 25.2 Å². The van der Waals surface area contributed by atoms with Crippen molar-refractivity contribution in [3.63, 3.8) is 0 Å². The average Bonchev–Trinajstić information content (AvgIpc) is 2.49. The van der Waals surface area contributed by atoms with Crippen LogP contribution in [0.5, 0.6) is 11.5 Å². The van der Waals surface area contributed by atoms with E-state index in [1.807, 2.05) is 18.2 Å². The summed E-state index contributed by atoms with van der Waals surface area (Å²) < 4.78 is 10.6. The Morgan fingerprint density at radius 1 is 1.19 bits per heavy atom. The van der Waals surface area contributed by atoms with E-state index in [4.69, 9.17) is 21.1 Å². The standard InChI is InChI=1S/C16H19ClN2O2/c1-11(19-14-10-18-7-6-13(14)17)8-12-4-5-15(20-2)16(9-12)21-3/h4-7,9-11,19H,8H2,1-3H3. The molecular formula is C16H19ClN2O2. The fraction of sp³-hybridized carbons (Fsp3) is 0.312. The molecule has 0 spiro atoms. The molecule has 0 saturated carbocycles. The van der Waals surface area contributed by atoms with Crippen LogP contribution in [0.4, 0.5) is 5.69 Å². The number of pyridine rings is 1. The third kappa shape index (κ3) is 4.02. The summed E-state index contributed by atoms with van der Waals surface area (Å²) in [6, 6.07) is 7.92. The number of hydrogen-bond donors (Lipinski definition) is 1. The van der Waals surface area contributed by atoms with Gasteiger partial charge in [0.2, 0.25) is 0 Å². The molecule has 0 fully saturated rings. The number of halogens is 1. The van der Waals surface area contributed by atoms with Gasteiger partial charge in [-0.3, -0.25) is 4.98 Å². The fourth-order valence-corrected chi connectivity index (χ4v) is 2.32. The molecule has 1 N–H and O–H groups in total. The van der Waals surface area contributed by atoms with Crippen LogP contribution in [0.3, 0.4) is 0 Å². The molecule has 1 heterocycles. The molecule has 0 saturated heterocycles. The molecular weight excluding hydrogens is 288 g/mol. The molecule has 4 nitrogen and oxygen atoms in total. The van der Waals surface area contributed by atoms with Crippen molar-refractivity contribution in [1.82, 2.24) is 4.98 Å². The molecule has 0 aliphatic carbocycles. The first-order valence-electron chi connectivity index (χ1n) is 6.71. The van der Waals surface area contributed by atoms with Crippen LogP contribution in [0, 0.1) is 0 Å². The van der Waals surface area contributed by atoms with Crippen molar-refractivity contribution in [2.24, 2.45) is 0 Å². The van der Waals surface area contributed by atoms with Crippen LogP contribution in [-0.2, 0) is 6.42 Å². The van der Waals surface area contributed by atoms with Gasteiger partial charge >= 0.3 is 0 Å². The molecule has 2 rings (SSSR count). The molecule has 1 atom stereocenters. The number of rotatable bonds is 6. The molecule has 0 aliphatic rings. The monoisotopic (exact) mass is 306 g/mol. The average molecular weight is 307 g/mol. The van der Waals surface area contributed by atoms with E-state index < -0.39 is 0 Å². The number of benzene rings is 1. The summed E-state index contributed by atoms with van der Waals surface area (Å²) in [4.78, 5) is 4.07. The molecule has 0 radical (unpaired) electrons. The van der Waals surface area contributed by atoms with Crippen LogP contribution in [0.1, 0.15) is 12.5 Å². The summed E-state index contributed by atoms with van der Waals surface area (Å²) in [6.45, 7) is 2.10. The first kappa shape index (κ1) is 15.4. The number of hydrogen-bond acceptors (Lipinski definition) is 4. The lowest BCUT2D eigenvalue weighted by Gasteiger charge is -2.17. The van der Waals surface area contributed by atoms with Crippen molar-refractivity contribution >= 4 is 17.3 Å². The van der Waals surface area contributed by atoms with Gasteiger partial charge in [0.05, 0.1) is 31.1 Å². The van der Waals surface area contributed by atoms with Crippen LogP contribution >= 0.6 is 11.6 Å². The summed E-state index contributed by atoms with van der Waals surface area (Å²) in [5.41, 5.74) is 2.00. The summed E-state index contributed by atoms with van der Waals surface area (Å²) >= 11 is 6.12.